The zero-order valence-electron chi connectivity index (χ0n) is 12.1. The third kappa shape index (κ3) is 2.07. The Morgan fingerprint density at radius 2 is 1.89 bits per heavy atom. The van der Waals surface area contributed by atoms with Crippen LogP contribution in [-0.2, 0) is 0 Å². The van der Waals surface area contributed by atoms with Crippen molar-refractivity contribution in [2.45, 2.75) is 45.6 Å². The number of benzene rings is 1. The number of hydrogen-bond acceptors (Lipinski definition) is 1. The number of fused-ring (bicyclic) bond motifs is 2. The average Bonchev–Trinajstić information content (AvgIpc) is 2.54. The Morgan fingerprint density at radius 1 is 1.21 bits per heavy atom. The van der Waals surface area contributed by atoms with Crippen molar-refractivity contribution in [2.75, 3.05) is 6.54 Å². The summed E-state index contributed by atoms with van der Waals surface area (Å²) in [5.74, 6) is 0.929. The summed E-state index contributed by atoms with van der Waals surface area (Å²) in [5, 5.41) is 0. The first-order chi connectivity index (χ1) is 8.92. The number of amides is 1. The van der Waals surface area contributed by atoms with Crippen LogP contribution in [0.2, 0.25) is 0 Å². The van der Waals surface area contributed by atoms with E-state index in [0.717, 1.165) is 30.9 Å². The van der Waals surface area contributed by atoms with Crippen LogP contribution >= 0.6 is 0 Å². The van der Waals surface area contributed by atoms with Crippen molar-refractivity contribution in [1.82, 2.24) is 4.90 Å². The molecule has 1 amide bonds. The SMILES string of the molecule is C[C@H]1CC2(C)C[C@](C)(C1)CN2C(=O)c1ccccc1. The van der Waals surface area contributed by atoms with Gasteiger partial charge in [-0.1, -0.05) is 32.0 Å². The Balaban J connectivity index is 1.92. The summed E-state index contributed by atoms with van der Waals surface area (Å²) in [4.78, 5) is 14.9. The lowest BCUT2D eigenvalue weighted by atomic mass is 9.68. The average molecular weight is 257 g/mol. The van der Waals surface area contributed by atoms with Crippen LogP contribution in [0.25, 0.3) is 0 Å². The number of carbonyl (C=O) groups excluding carboxylic acids is 1. The highest BCUT2D eigenvalue weighted by molar-refractivity contribution is 5.95. The highest BCUT2D eigenvalue weighted by Crippen LogP contribution is 2.53. The van der Waals surface area contributed by atoms with Gasteiger partial charge in [-0.3, -0.25) is 4.79 Å². The van der Waals surface area contributed by atoms with Gasteiger partial charge in [0.25, 0.3) is 5.91 Å². The normalized spacial score (nSPS) is 37.4. The second-order valence-corrected chi connectivity index (χ2v) is 7.26. The molecule has 0 aromatic heterocycles. The fraction of sp³-hybridized carbons (Fsp3) is 0.588. The first kappa shape index (κ1) is 12.7. The van der Waals surface area contributed by atoms with Gasteiger partial charge >= 0.3 is 0 Å². The molecule has 1 aromatic rings. The molecule has 2 heteroatoms. The minimum absolute atomic E-state index is 0.0549. The third-order valence-corrected chi connectivity index (χ3v) is 4.89. The molecule has 2 nitrogen and oxygen atoms in total. The fourth-order valence-electron chi connectivity index (χ4n) is 4.68. The predicted octanol–water partition coefficient (Wildman–Crippen LogP) is 3.73. The van der Waals surface area contributed by atoms with Crippen LogP contribution < -0.4 is 0 Å². The Bertz CT molecular complexity index is 497. The van der Waals surface area contributed by atoms with Crippen LogP contribution in [0, 0.1) is 11.3 Å². The van der Waals surface area contributed by atoms with E-state index in [4.69, 9.17) is 0 Å². The van der Waals surface area contributed by atoms with Gasteiger partial charge in [-0.05, 0) is 49.7 Å². The number of carbonyl (C=O) groups is 1. The van der Waals surface area contributed by atoms with Crippen molar-refractivity contribution in [2.24, 2.45) is 11.3 Å². The quantitative estimate of drug-likeness (QED) is 0.750. The summed E-state index contributed by atoms with van der Waals surface area (Å²) < 4.78 is 0. The summed E-state index contributed by atoms with van der Waals surface area (Å²) in [6.07, 6.45) is 3.55. The molecular formula is C17H23NO. The first-order valence-electron chi connectivity index (χ1n) is 7.29. The lowest BCUT2D eigenvalue weighted by Gasteiger charge is -2.40. The topological polar surface area (TPSA) is 20.3 Å². The van der Waals surface area contributed by atoms with Crippen LogP contribution in [0.5, 0.6) is 0 Å². The van der Waals surface area contributed by atoms with Crippen LogP contribution in [0.1, 0.15) is 50.4 Å². The molecule has 1 heterocycles. The van der Waals surface area contributed by atoms with Crippen LogP contribution in [0.4, 0.5) is 0 Å². The predicted molar refractivity (Wildman–Crippen MR) is 77.0 cm³/mol. The van der Waals surface area contributed by atoms with E-state index in [1.165, 1.54) is 6.42 Å². The maximum atomic E-state index is 12.8. The summed E-state index contributed by atoms with van der Waals surface area (Å²) in [6.45, 7) is 7.86. The number of rotatable bonds is 1. The highest BCUT2D eigenvalue weighted by Gasteiger charge is 2.54. The maximum Gasteiger partial charge on any atom is 0.254 e. The maximum absolute atomic E-state index is 12.8. The van der Waals surface area contributed by atoms with E-state index < -0.39 is 0 Å². The molecule has 0 N–H and O–H groups in total. The minimum Gasteiger partial charge on any atom is -0.333 e. The smallest absolute Gasteiger partial charge is 0.254 e. The van der Waals surface area contributed by atoms with Crippen molar-refractivity contribution in [1.29, 1.82) is 0 Å². The molecule has 3 atom stereocenters. The van der Waals surface area contributed by atoms with E-state index in [2.05, 4.69) is 25.7 Å². The van der Waals surface area contributed by atoms with Crippen molar-refractivity contribution in [3.63, 3.8) is 0 Å². The fourth-order valence-corrected chi connectivity index (χ4v) is 4.68. The molecule has 19 heavy (non-hydrogen) atoms. The highest BCUT2D eigenvalue weighted by atomic mass is 16.2. The molecule has 2 aliphatic rings. The molecule has 2 fully saturated rings. The zero-order chi connectivity index (χ0) is 13.7. The zero-order valence-corrected chi connectivity index (χ0v) is 12.1. The van der Waals surface area contributed by atoms with Crippen molar-refractivity contribution >= 4 is 5.91 Å². The summed E-state index contributed by atoms with van der Waals surface area (Å²) in [7, 11) is 0. The second-order valence-electron chi connectivity index (χ2n) is 7.26. The van der Waals surface area contributed by atoms with Gasteiger partial charge in [-0.2, -0.15) is 0 Å². The van der Waals surface area contributed by atoms with Crippen LogP contribution in [-0.4, -0.2) is 22.9 Å². The lowest BCUT2D eigenvalue weighted by Crippen LogP contribution is -2.46. The molecule has 1 aromatic carbocycles. The van der Waals surface area contributed by atoms with Gasteiger partial charge < -0.3 is 4.90 Å². The van der Waals surface area contributed by atoms with Gasteiger partial charge in [0.2, 0.25) is 0 Å². The minimum atomic E-state index is 0.0549. The van der Waals surface area contributed by atoms with E-state index in [1.807, 2.05) is 30.3 Å². The summed E-state index contributed by atoms with van der Waals surface area (Å²) >= 11 is 0. The van der Waals surface area contributed by atoms with Gasteiger partial charge in [-0.15, -0.1) is 0 Å². The Kier molecular flexibility index (Phi) is 2.74. The van der Waals surface area contributed by atoms with E-state index in [0.29, 0.717) is 5.41 Å². The number of nitrogens with zero attached hydrogens (tertiary/aromatic N) is 1. The third-order valence-electron chi connectivity index (χ3n) is 4.89. The monoisotopic (exact) mass is 257 g/mol. The van der Waals surface area contributed by atoms with E-state index >= 15 is 0 Å². The second kappa shape index (κ2) is 4.09. The van der Waals surface area contributed by atoms with Crippen LogP contribution in [0.15, 0.2) is 30.3 Å². The van der Waals surface area contributed by atoms with Crippen LogP contribution in [0.3, 0.4) is 0 Å². The molecule has 2 bridgehead atoms. The molecular weight excluding hydrogens is 234 g/mol. The van der Waals surface area contributed by atoms with E-state index in [-0.39, 0.29) is 11.4 Å². The summed E-state index contributed by atoms with van der Waals surface area (Å²) in [6, 6.07) is 9.72. The molecule has 0 radical (unpaired) electrons. The van der Waals surface area contributed by atoms with Gasteiger partial charge in [0, 0.05) is 17.6 Å². The Hall–Kier alpha value is -1.31. The van der Waals surface area contributed by atoms with Crippen molar-refractivity contribution < 1.29 is 4.79 Å². The standard InChI is InChI=1S/C17H23NO/c1-13-9-16(2)11-17(3,10-13)18(12-16)15(19)14-7-5-4-6-8-14/h4-8,13H,9-12H2,1-3H3/t13-,16+,17?/m1/s1. The molecule has 1 unspecified atom stereocenters. The van der Waals surface area contributed by atoms with Gasteiger partial charge in [0.05, 0.1) is 0 Å². The molecule has 3 rings (SSSR count). The molecule has 1 saturated carbocycles. The molecule has 1 aliphatic carbocycles. The van der Waals surface area contributed by atoms with Crippen molar-refractivity contribution in [3.05, 3.63) is 35.9 Å². The number of hydrogen-bond donors (Lipinski definition) is 0. The lowest BCUT2D eigenvalue weighted by molar-refractivity contribution is 0.0581. The largest absolute Gasteiger partial charge is 0.333 e. The van der Waals surface area contributed by atoms with Gasteiger partial charge in [0.1, 0.15) is 0 Å². The Morgan fingerprint density at radius 3 is 2.58 bits per heavy atom. The van der Waals surface area contributed by atoms with Gasteiger partial charge in [-0.25, -0.2) is 0 Å². The number of likely N-dealkylation sites (tertiary alicyclic amines) is 1. The summed E-state index contributed by atoms with van der Waals surface area (Å²) in [5.41, 5.74) is 1.20. The molecule has 1 aliphatic heterocycles. The van der Waals surface area contributed by atoms with Crippen molar-refractivity contribution in [3.8, 4) is 0 Å². The molecule has 102 valence electrons. The first-order valence-corrected chi connectivity index (χ1v) is 7.29. The molecule has 0 spiro atoms. The van der Waals surface area contributed by atoms with E-state index in [1.54, 1.807) is 0 Å². The van der Waals surface area contributed by atoms with E-state index in [9.17, 15) is 4.79 Å². The van der Waals surface area contributed by atoms with Gasteiger partial charge in [0.15, 0.2) is 0 Å². The molecule has 1 saturated heterocycles. The Labute approximate surface area is 115 Å².